The lowest BCUT2D eigenvalue weighted by Crippen LogP contribution is -2.32. The van der Waals surface area contributed by atoms with Crippen molar-refractivity contribution < 1.29 is 14.3 Å². The van der Waals surface area contributed by atoms with Crippen LogP contribution in [0.15, 0.2) is 89.1 Å². The first-order valence-electron chi connectivity index (χ1n) is 11.9. The number of thioether (sulfide) groups is 1. The van der Waals surface area contributed by atoms with Gasteiger partial charge in [0.2, 0.25) is 5.91 Å². The number of nitrogens with zero attached hydrogens (tertiary/aromatic N) is 1. The van der Waals surface area contributed by atoms with E-state index < -0.39 is 6.04 Å². The number of amidine groups is 1. The van der Waals surface area contributed by atoms with Crippen LogP contribution in [0.5, 0.6) is 5.75 Å². The lowest BCUT2D eigenvalue weighted by molar-refractivity contribution is -0.114. The van der Waals surface area contributed by atoms with Gasteiger partial charge in [-0.15, -0.1) is 0 Å². The normalized spacial score (nSPS) is 14.9. The van der Waals surface area contributed by atoms with E-state index >= 15 is 0 Å². The average molecular weight is 515 g/mol. The number of carbonyl (C=O) groups is 2. The number of amides is 2. The Balaban J connectivity index is 1.57. The first-order chi connectivity index (χ1) is 17.8. The van der Waals surface area contributed by atoms with Crippen LogP contribution in [0.2, 0.25) is 0 Å². The zero-order valence-corrected chi connectivity index (χ0v) is 22.1. The number of ether oxygens (including phenoxy) is 1. The first-order valence-corrected chi connectivity index (χ1v) is 12.9. The Hall–Kier alpha value is -4.04. The summed E-state index contributed by atoms with van der Waals surface area (Å²) in [5, 5.41) is 9.66. The molecule has 1 aliphatic rings. The monoisotopic (exact) mass is 514 g/mol. The standard InChI is InChI=1S/C29H30N4O3S/c1-18-10-14-23(15-11-18)31-25(34)17-37-29-30-20(3)26(28(35)32-22-8-6-5-7-9-22)27(33-29)21-13-12-19(2)24(16-21)36-4/h5-16,27H,17H2,1-4H3,(H,30,33)(H,31,34)(H,32,35)/t27-/m0/s1. The number of para-hydroxylation sites is 1. The van der Waals surface area contributed by atoms with Crippen LogP contribution >= 0.6 is 11.8 Å². The van der Waals surface area contributed by atoms with Crippen molar-refractivity contribution in [3.05, 3.63) is 101 Å². The van der Waals surface area contributed by atoms with Gasteiger partial charge in [-0.2, -0.15) is 0 Å². The van der Waals surface area contributed by atoms with Crippen LogP contribution < -0.4 is 20.7 Å². The summed E-state index contributed by atoms with van der Waals surface area (Å²) < 4.78 is 5.53. The van der Waals surface area contributed by atoms with Gasteiger partial charge < -0.3 is 20.7 Å². The third-order valence-corrected chi connectivity index (χ3v) is 6.81. The Morgan fingerprint density at radius 3 is 2.35 bits per heavy atom. The van der Waals surface area contributed by atoms with E-state index in [-0.39, 0.29) is 17.6 Å². The average Bonchev–Trinajstić information content (AvgIpc) is 2.89. The quantitative estimate of drug-likeness (QED) is 0.382. The molecule has 7 nitrogen and oxygen atoms in total. The Kier molecular flexibility index (Phi) is 8.30. The fraction of sp³-hybridized carbons (Fsp3) is 0.207. The van der Waals surface area contributed by atoms with Gasteiger partial charge in [-0.1, -0.05) is 59.8 Å². The molecule has 2 amide bonds. The van der Waals surface area contributed by atoms with Crippen LogP contribution in [0.3, 0.4) is 0 Å². The molecule has 0 bridgehead atoms. The second kappa shape index (κ2) is 11.8. The minimum absolute atomic E-state index is 0.138. The molecule has 37 heavy (non-hydrogen) atoms. The van der Waals surface area contributed by atoms with Crippen molar-refractivity contribution in [3.8, 4) is 5.75 Å². The van der Waals surface area contributed by atoms with E-state index in [4.69, 9.17) is 9.73 Å². The highest BCUT2D eigenvalue weighted by molar-refractivity contribution is 8.14. The largest absolute Gasteiger partial charge is 0.496 e. The smallest absolute Gasteiger partial charge is 0.255 e. The second-order valence-electron chi connectivity index (χ2n) is 8.75. The number of carbonyl (C=O) groups excluding carboxylic acids is 2. The van der Waals surface area contributed by atoms with Crippen molar-refractivity contribution in [2.75, 3.05) is 23.5 Å². The number of anilines is 2. The first kappa shape index (κ1) is 26.0. The van der Waals surface area contributed by atoms with Gasteiger partial charge in [0.15, 0.2) is 5.17 Å². The maximum atomic E-state index is 13.4. The Bertz CT molecular complexity index is 1350. The molecule has 3 N–H and O–H groups in total. The molecule has 1 heterocycles. The molecular formula is C29H30N4O3S. The summed E-state index contributed by atoms with van der Waals surface area (Å²) in [4.78, 5) is 30.8. The molecule has 0 fully saturated rings. The third-order valence-electron chi connectivity index (χ3n) is 5.92. The Morgan fingerprint density at radius 2 is 1.65 bits per heavy atom. The molecule has 0 aromatic heterocycles. The lowest BCUT2D eigenvalue weighted by Gasteiger charge is -2.26. The minimum Gasteiger partial charge on any atom is -0.496 e. The van der Waals surface area contributed by atoms with E-state index in [1.165, 1.54) is 11.8 Å². The van der Waals surface area contributed by atoms with E-state index in [2.05, 4.69) is 16.0 Å². The minimum atomic E-state index is -0.567. The molecule has 4 rings (SSSR count). The zero-order chi connectivity index (χ0) is 26.4. The van der Waals surface area contributed by atoms with Crippen LogP contribution in [0.4, 0.5) is 11.4 Å². The summed E-state index contributed by atoms with van der Waals surface area (Å²) in [5.41, 5.74) is 5.56. The van der Waals surface area contributed by atoms with Gasteiger partial charge in [0.25, 0.3) is 5.91 Å². The summed E-state index contributed by atoms with van der Waals surface area (Å²) in [6, 6.07) is 22.2. The van der Waals surface area contributed by atoms with E-state index in [9.17, 15) is 9.59 Å². The second-order valence-corrected chi connectivity index (χ2v) is 9.72. The molecule has 190 valence electrons. The van der Waals surface area contributed by atoms with Crippen molar-refractivity contribution in [3.63, 3.8) is 0 Å². The van der Waals surface area contributed by atoms with Crippen molar-refractivity contribution in [1.82, 2.24) is 5.32 Å². The highest BCUT2D eigenvalue weighted by atomic mass is 32.2. The lowest BCUT2D eigenvalue weighted by atomic mass is 9.94. The molecule has 0 unspecified atom stereocenters. The van der Waals surface area contributed by atoms with Gasteiger partial charge in [0, 0.05) is 17.1 Å². The van der Waals surface area contributed by atoms with Crippen LogP contribution in [-0.2, 0) is 9.59 Å². The van der Waals surface area contributed by atoms with Crippen molar-refractivity contribution >= 4 is 40.1 Å². The number of hydrogen-bond acceptors (Lipinski definition) is 6. The molecule has 0 saturated carbocycles. The molecule has 1 aliphatic heterocycles. The number of methoxy groups -OCH3 is 1. The van der Waals surface area contributed by atoms with Crippen LogP contribution in [0.1, 0.15) is 29.7 Å². The van der Waals surface area contributed by atoms with Gasteiger partial charge in [-0.05, 0) is 62.2 Å². The fourth-order valence-corrected chi connectivity index (χ4v) is 4.70. The molecule has 0 aliphatic carbocycles. The summed E-state index contributed by atoms with van der Waals surface area (Å²) in [5.74, 6) is 0.507. The van der Waals surface area contributed by atoms with Gasteiger partial charge in [-0.25, -0.2) is 4.99 Å². The number of rotatable bonds is 7. The molecule has 0 spiro atoms. The summed E-state index contributed by atoms with van der Waals surface area (Å²) in [7, 11) is 1.62. The summed E-state index contributed by atoms with van der Waals surface area (Å²) in [6.07, 6.45) is 0. The van der Waals surface area contributed by atoms with E-state index in [1.807, 2.05) is 93.6 Å². The van der Waals surface area contributed by atoms with Gasteiger partial charge in [0.05, 0.1) is 18.4 Å². The van der Waals surface area contributed by atoms with Crippen LogP contribution in [0.25, 0.3) is 0 Å². The summed E-state index contributed by atoms with van der Waals surface area (Å²) >= 11 is 1.29. The SMILES string of the molecule is COc1cc([C@@H]2N=C(SCC(=O)Nc3ccc(C)cc3)NC(C)=C2C(=O)Nc2ccccc2)ccc1C. The number of aliphatic imine (C=N–C) groups is 1. The highest BCUT2D eigenvalue weighted by Crippen LogP contribution is 2.35. The fourth-order valence-electron chi connectivity index (χ4n) is 3.95. The van der Waals surface area contributed by atoms with Crippen molar-refractivity contribution in [2.45, 2.75) is 26.8 Å². The van der Waals surface area contributed by atoms with E-state index in [1.54, 1.807) is 7.11 Å². The van der Waals surface area contributed by atoms with Gasteiger partial charge >= 0.3 is 0 Å². The van der Waals surface area contributed by atoms with E-state index in [0.29, 0.717) is 22.1 Å². The molecular weight excluding hydrogens is 484 g/mol. The van der Waals surface area contributed by atoms with Gasteiger partial charge in [0.1, 0.15) is 11.8 Å². The molecule has 0 radical (unpaired) electrons. The van der Waals surface area contributed by atoms with Gasteiger partial charge in [-0.3, -0.25) is 9.59 Å². The zero-order valence-electron chi connectivity index (χ0n) is 21.3. The number of hydrogen-bond donors (Lipinski definition) is 3. The predicted octanol–water partition coefficient (Wildman–Crippen LogP) is 5.60. The number of nitrogens with one attached hydrogen (secondary N) is 3. The van der Waals surface area contributed by atoms with Crippen molar-refractivity contribution in [1.29, 1.82) is 0 Å². The molecule has 8 heteroatoms. The van der Waals surface area contributed by atoms with Crippen LogP contribution in [0, 0.1) is 13.8 Å². The van der Waals surface area contributed by atoms with Crippen LogP contribution in [-0.4, -0.2) is 29.8 Å². The topological polar surface area (TPSA) is 91.8 Å². The highest BCUT2D eigenvalue weighted by Gasteiger charge is 2.30. The summed E-state index contributed by atoms with van der Waals surface area (Å²) in [6.45, 7) is 5.81. The number of allylic oxidation sites excluding steroid dienone is 1. The molecule has 1 atom stereocenters. The predicted molar refractivity (Wildman–Crippen MR) is 151 cm³/mol. The Labute approximate surface area is 221 Å². The number of aryl methyl sites for hydroxylation is 2. The maximum Gasteiger partial charge on any atom is 0.255 e. The molecule has 0 saturated heterocycles. The number of benzene rings is 3. The maximum absolute atomic E-state index is 13.4. The molecule has 3 aromatic rings. The molecule has 3 aromatic carbocycles. The third kappa shape index (κ3) is 6.59. The Morgan fingerprint density at radius 1 is 0.946 bits per heavy atom. The van der Waals surface area contributed by atoms with Crippen molar-refractivity contribution in [2.24, 2.45) is 4.99 Å². The van der Waals surface area contributed by atoms with E-state index in [0.717, 1.165) is 28.1 Å².